The normalized spacial score (nSPS) is 42.0. The van der Waals surface area contributed by atoms with Crippen LogP contribution in [-0.2, 0) is 17.9 Å². The topological polar surface area (TPSA) is 81.2 Å². The number of benzene rings is 1. The summed E-state index contributed by atoms with van der Waals surface area (Å²) in [4.78, 5) is 27.5. The Hall–Kier alpha value is -2.34. The van der Waals surface area contributed by atoms with Crippen molar-refractivity contribution in [3.8, 4) is 11.3 Å². The molecule has 0 bridgehead atoms. The highest BCUT2D eigenvalue weighted by atomic mass is 35.5. The Balaban J connectivity index is 1.09. The Labute approximate surface area is 178 Å². The second-order valence-corrected chi connectivity index (χ2v) is 10.7. The molecule has 2 amide bonds. The molecule has 152 valence electrons. The monoisotopic (exact) mass is 420 g/mol. The number of nitrogens with two attached hydrogens (primary N) is 1. The predicted molar refractivity (Wildman–Crippen MR) is 108 cm³/mol. The maximum atomic E-state index is 13.3. The van der Waals surface area contributed by atoms with E-state index in [1.54, 1.807) is 12.1 Å². The van der Waals surface area contributed by atoms with Crippen LogP contribution in [0.3, 0.4) is 0 Å². The molecule has 1 aromatic carbocycles. The minimum atomic E-state index is -0.512. The van der Waals surface area contributed by atoms with Crippen molar-refractivity contribution < 1.29 is 9.59 Å². The van der Waals surface area contributed by atoms with Crippen molar-refractivity contribution in [2.24, 2.45) is 52.6 Å². The van der Waals surface area contributed by atoms with E-state index in [-0.39, 0.29) is 5.91 Å². The first kappa shape index (κ1) is 16.4. The lowest BCUT2D eigenvalue weighted by Gasteiger charge is -3.08. The van der Waals surface area contributed by atoms with Crippen LogP contribution in [0.5, 0.6) is 0 Å². The minimum absolute atomic E-state index is 0.248. The van der Waals surface area contributed by atoms with Crippen molar-refractivity contribution in [2.45, 2.75) is 19.5 Å². The van der Waals surface area contributed by atoms with Crippen LogP contribution in [0.1, 0.15) is 22.5 Å². The zero-order chi connectivity index (χ0) is 20.1. The molecule has 0 spiro atoms. The highest BCUT2D eigenvalue weighted by molar-refractivity contribution is 6.30. The fraction of sp³-hybridized carbons (Fsp3) is 0.522. The van der Waals surface area contributed by atoms with Crippen LogP contribution in [0, 0.1) is 46.8 Å². The van der Waals surface area contributed by atoms with Crippen LogP contribution in [-0.4, -0.2) is 33.0 Å². The second-order valence-electron chi connectivity index (χ2n) is 10.3. The van der Waals surface area contributed by atoms with Gasteiger partial charge in [-0.3, -0.25) is 14.3 Å². The van der Waals surface area contributed by atoms with Gasteiger partial charge in [0.1, 0.15) is 5.69 Å². The van der Waals surface area contributed by atoms with Crippen LogP contribution in [0.2, 0.25) is 5.02 Å². The summed E-state index contributed by atoms with van der Waals surface area (Å²) < 4.78 is 1.84. The van der Waals surface area contributed by atoms with Crippen LogP contribution < -0.4 is 5.73 Å². The average molecular weight is 421 g/mol. The largest absolute Gasteiger partial charge is 0.365 e. The summed E-state index contributed by atoms with van der Waals surface area (Å²) in [6, 6.07) is 7.29. The third-order valence-electron chi connectivity index (χ3n) is 9.82. The Kier molecular flexibility index (Phi) is 2.60. The number of amides is 2. The van der Waals surface area contributed by atoms with E-state index in [1.165, 1.54) is 0 Å². The van der Waals surface area contributed by atoms with Crippen LogP contribution in [0.15, 0.2) is 24.3 Å². The van der Waals surface area contributed by atoms with Gasteiger partial charge in [-0.2, -0.15) is 5.10 Å². The fourth-order valence-corrected chi connectivity index (χ4v) is 9.22. The number of primary amides is 1. The minimum Gasteiger partial charge on any atom is -0.365 e. The van der Waals surface area contributed by atoms with Gasteiger partial charge in [-0.15, -0.1) is 0 Å². The second kappa shape index (κ2) is 4.77. The maximum absolute atomic E-state index is 13.3. The van der Waals surface area contributed by atoms with Gasteiger partial charge in [-0.25, -0.2) is 0 Å². The zero-order valence-corrected chi connectivity index (χ0v) is 17.0. The zero-order valence-electron chi connectivity index (χ0n) is 16.3. The summed E-state index contributed by atoms with van der Waals surface area (Å²) in [5.41, 5.74) is 8.60. The average Bonchev–Trinajstić information content (AvgIpc) is 3.13. The molecule has 2 N–H and O–H groups in total. The number of halogens is 1. The molecule has 30 heavy (non-hydrogen) atoms. The first-order valence-corrected chi connectivity index (χ1v) is 11.3. The molecule has 6 fully saturated rings. The molecule has 0 saturated heterocycles. The summed E-state index contributed by atoms with van der Waals surface area (Å²) in [6.07, 6.45) is 0.713. The van der Waals surface area contributed by atoms with Crippen molar-refractivity contribution in [1.82, 2.24) is 14.7 Å². The molecule has 6 nitrogen and oxygen atoms in total. The Morgan fingerprint density at radius 2 is 1.87 bits per heavy atom. The highest BCUT2D eigenvalue weighted by Crippen LogP contribution is 3.06. The molecular weight excluding hydrogens is 400 g/mol. The highest BCUT2D eigenvalue weighted by Gasteiger charge is 3.03. The molecule has 1 aromatic heterocycles. The van der Waals surface area contributed by atoms with Gasteiger partial charge in [-0.05, 0) is 59.0 Å². The fourth-order valence-electron chi connectivity index (χ4n) is 9.03. The van der Waals surface area contributed by atoms with Crippen molar-refractivity contribution in [3.05, 3.63) is 40.5 Å². The number of carbonyl (C=O) groups excluding carboxylic acids is 2. The molecule has 7 heteroatoms. The number of hydrogen-bond acceptors (Lipinski definition) is 3. The molecule has 0 atom stereocenters. The smallest absolute Gasteiger partial charge is 0.252 e. The molecule has 6 aliphatic carbocycles. The molecule has 1 aliphatic heterocycles. The SMILES string of the molecule is NC(=O)c1c(-c2cccc(Cl)c2)nn2c1CN(C(=O)CC13C4C5C6C4C1C6C53)CC2. The van der Waals surface area contributed by atoms with E-state index in [9.17, 15) is 9.59 Å². The van der Waals surface area contributed by atoms with E-state index >= 15 is 0 Å². The number of fused-ring (bicyclic) bond motifs is 1. The van der Waals surface area contributed by atoms with Gasteiger partial charge in [0.25, 0.3) is 5.91 Å². The molecule has 2 heterocycles. The molecular formula is C23H21ClN4O2. The third kappa shape index (κ3) is 1.45. The third-order valence-corrected chi connectivity index (χ3v) is 10.1. The van der Waals surface area contributed by atoms with E-state index in [2.05, 4.69) is 5.10 Å². The Bertz CT molecular complexity index is 1150. The van der Waals surface area contributed by atoms with Crippen molar-refractivity contribution in [1.29, 1.82) is 0 Å². The van der Waals surface area contributed by atoms with Crippen LogP contribution in [0.25, 0.3) is 11.3 Å². The van der Waals surface area contributed by atoms with Crippen molar-refractivity contribution in [3.63, 3.8) is 0 Å². The van der Waals surface area contributed by atoms with Crippen LogP contribution >= 0.6 is 11.6 Å². The van der Waals surface area contributed by atoms with E-state index in [4.69, 9.17) is 17.3 Å². The van der Waals surface area contributed by atoms with Gasteiger partial charge >= 0.3 is 0 Å². The van der Waals surface area contributed by atoms with Gasteiger partial charge in [0, 0.05) is 23.6 Å². The molecule has 9 rings (SSSR count). The van der Waals surface area contributed by atoms with E-state index < -0.39 is 5.91 Å². The van der Waals surface area contributed by atoms with Crippen LogP contribution in [0.4, 0.5) is 0 Å². The predicted octanol–water partition coefficient (Wildman–Crippen LogP) is 2.40. The van der Waals surface area contributed by atoms with E-state index in [0.717, 1.165) is 52.7 Å². The van der Waals surface area contributed by atoms with Gasteiger partial charge in [0.15, 0.2) is 0 Å². The van der Waals surface area contributed by atoms with Gasteiger partial charge in [-0.1, -0.05) is 23.7 Å². The Morgan fingerprint density at radius 3 is 2.53 bits per heavy atom. The first-order chi connectivity index (χ1) is 14.5. The number of nitrogens with zero attached hydrogens (tertiary/aromatic N) is 3. The van der Waals surface area contributed by atoms with Crippen molar-refractivity contribution >= 4 is 23.4 Å². The van der Waals surface area contributed by atoms with E-state index in [0.29, 0.717) is 47.8 Å². The molecule has 6 saturated carbocycles. The van der Waals surface area contributed by atoms with Crippen molar-refractivity contribution in [2.75, 3.05) is 6.54 Å². The lowest BCUT2D eigenvalue weighted by molar-refractivity contribution is -0.613. The number of carbonyl (C=O) groups is 2. The standard InChI is InChI=1S/C23H21ClN4O2/c24-10-3-1-2-9(6-10)21-13(22(25)30)11-8-27(4-5-28(11)26-21)12(29)7-23-18-15-14-16(18)20(23)17(14)19(15)23/h1-3,6,14-20H,4-5,7-8H2,(H2,25,30). The molecule has 0 unspecified atom stereocenters. The van der Waals surface area contributed by atoms with Gasteiger partial charge in [0.05, 0.1) is 24.3 Å². The summed E-state index contributed by atoms with van der Waals surface area (Å²) in [7, 11) is 0. The Morgan fingerprint density at radius 1 is 1.13 bits per heavy atom. The maximum Gasteiger partial charge on any atom is 0.252 e. The van der Waals surface area contributed by atoms with Gasteiger partial charge in [0.2, 0.25) is 5.91 Å². The molecule has 0 radical (unpaired) electrons. The lowest BCUT2D eigenvalue weighted by Crippen LogP contribution is -3.05. The van der Waals surface area contributed by atoms with E-state index in [1.807, 2.05) is 21.7 Å². The summed E-state index contributed by atoms with van der Waals surface area (Å²) in [6.45, 7) is 1.62. The molecule has 2 aromatic rings. The number of hydrogen-bond donors (Lipinski definition) is 1. The summed E-state index contributed by atoms with van der Waals surface area (Å²) in [5.74, 6) is 6.38. The first-order valence-electron chi connectivity index (χ1n) is 11.0. The molecule has 7 aliphatic rings. The quantitative estimate of drug-likeness (QED) is 0.824. The summed E-state index contributed by atoms with van der Waals surface area (Å²) >= 11 is 6.14. The lowest BCUT2D eigenvalue weighted by atomic mass is 8.96. The summed E-state index contributed by atoms with van der Waals surface area (Å²) in [5, 5.41) is 5.24. The number of rotatable bonds is 4. The van der Waals surface area contributed by atoms with Gasteiger partial charge < -0.3 is 10.6 Å². The number of aromatic nitrogens is 2.